The summed E-state index contributed by atoms with van der Waals surface area (Å²) in [5.41, 5.74) is 2.88. The fraction of sp³-hybridized carbons (Fsp3) is 0.600. The van der Waals surface area contributed by atoms with E-state index in [1.807, 2.05) is 0 Å². The van der Waals surface area contributed by atoms with Crippen molar-refractivity contribution in [1.82, 2.24) is 5.32 Å². The highest BCUT2D eigenvalue weighted by atomic mass is 16.5. The molecule has 1 N–H and O–H groups in total. The maximum atomic E-state index is 5.40. The molecule has 18 heavy (non-hydrogen) atoms. The summed E-state index contributed by atoms with van der Waals surface area (Å²) >= 11 is 0. The minimum absolute atomic E-state index is 0.670. The van der Waals surface area contributed by atoms with Crippen LogP contribution in [-0.2, 0) is 16.0 Å². The first kappa shape index (κ1) is 13.5. The van der Waals surface area contributed by atoms with Crippen LogP contribution in [0.3, 0.4) is 0 Å². The topological polar surface area (TPSA) is 30.5 Å². The molecule has 0 aromatic heterocycles. The normalized spacial score (nSPS) is 14.9. The van der Waals surface area contributed by atoms with Gasteiger partial charge in [-0.05, 0) is 29.9 Å². The van der Waals surface area contributed by atoms with E-state index in [1.165, 1.54) is 24.0 Å². The van der Waals surface area contributed by atoms with Crippen LogP contribution in [0.2, 0.25) is 0 Å². The Balaban J connectivity index is 1.59. The Morgan fingerprint density at radius 1 is 1.22 bits per heavy atom. The van der Waals surface area contributed by atoms with Gasteiger partial charge in [-0.3, -0.25) is 0 Å². The van der Waals surface area contributed by atoms with Gasteiger partial charge < -0.3 is 14.8 Å². The van der Waals surface area contributed by atoms with Gasteiger partial charge in [0.05, 0.1) is 19.8 Å². The molecule has 1 aliphatic rings. The van der Waals surface area contributed by atoms with E-state index in [-0.39, 0.29) is 0 Å². The minimum Gasteiger partial charge on any atom is -0.382 e. The first-order valence-corrected chi connectivity index (χ1v) is 6.76. The predicted octanol–water partition coefficient (Wildman–Crippen LogP) is 2.32. The van der Waals surface area contributed by atoms with Crippen LogP contribution in [0.4, 0.5) is 0 Å². The predicted molar refractivity (Wildman–Crippen MR) is 72.8 cm³/mol. The highest BCUT2D eigenvalue weighted by molar-refractivity contribution is 5.28. The minimum atomic E-state index is 0.670. The van der Waals surface area contributed by atoms with E-state index in [0.717, 1.165) is 25.6 Å². The lowest BCUT2D eigenvalue weighted by Crippen LogP contribution is -2.20. The summed E-state index contributed by atoms with van der Waals surface area (Å²) < 4.78 is 10.3. The van der Waals surface area contributed by atoms with Crippen LogP contribution < -0.4 is 5.32 Å². The zero-order valence-corrected chi connectivity index (χ0v) is 11.2. The first-order valence-electron chi connectivity index (χ1n) is 6.76. The van der Waals surface area contributed by atoms with Crippen molar-refractivity contribution < 1.29 is 9.47 Å². The smallest absolute Gasteiger partial charge is 0.0700 e. The molecule has 1 aromatic carbocycles. The van der Waals surface area contributed by atoms with Crippen molar-refractivity contribution in [1.29, 1.82) is 0 Å². The molecule has 100 valence electrons. The molecule has 1 aromatic rings. The molecule has 3 heteroatoms. The third kappa shape index (κ3) is 4.77. The van der Waals surface area contributed by atoms with Crippen LogP contribution in [0, 0.1) is 0 Å². The van der Waals surface area contributed by atoms with E-state index in [4.69, 9.17) is 9.47 Å². The van der Waals surface area contributed by atoms with E-state index >= 15 is 0 Å². The van der Waals surface area contributed by atoms with E-state index in [9.17, 15) is 0 Å². The number of methoxy groups -OCH3 is 1. The fourth-order valence-corrected chi connectivity index (χ4v) is 2.00. The van der Waals surface area contributed by atoms with Gasteiger partial charge in [0.25, 0.3) is 0 Å². The van der Waals surface area contributed by atoms with Gasteiger partial charge in [0.1, 0.15) is 0 Å². The van der Waals surface area contributed by atoms with Crippen LogP contribution in [0.15, 0.2) is 24.3 Å². The molecule has 1 aliphatic carbocycles. The number of ether oxygens (including phenoxy) is 2. The lowest BCUT2D eigenvalue weighted by molar-refractivity contribution is 0.0719. The maximum Gasteiger partial charge on any atom is 0.0700 e. The van der Waals surface area contributed by atoms with Crippen molar-refractivity contribution in [3.05, 3.63) is 35.4 Å². The van der Waals surface area contributed by atoms with Crippen molar-refractivity contribution >= 4 is 0 Å². The summed E-state index contributed by atoms with van der Waals surface area (Å²) in [4.78, 5) is 0. The molecule has 1 saturated carbocycles. The van der Waals surface area contributed by atoms with Gasteiger partial charge in [-0.2, -0.15) is 0 Å². The summed E-state index contributed by atoms with van der Waals surface area (Å²) in [6.07, 6.45) is 2.73. The highest BCUT2D eigenvalue weighted by Crippen LogP contribution is 2.40. The zero-order chi connectivity index (χ0) is 12.6. The number of benzene rings is 1. The Morgan fingerprint density at radius 2 is 2.11 bits per heavy atom. The van der Waals surface area contributed by atoms with Crippen LogP contribution in [0.25, 0.3) is 0 Å². The highest BCUT2D eigenvalue weighted by Gasteiger charge is 2.23. The molecule has 0 unspecified atom stereocenters. The average Bonchev–Trinajstić information content (AvgIpc) is 3.22. The molecule has 0 radical (unpaired) electrons. The molecule has 0 bridgehead atoms. The number of hydrogen-bond donors (Lipinski definition) is 1. The van der Waals surface area contributed by atoms with Crippen molar-refractivity contribution in [2.24, 2.45) is 0 Å². The molecule has 0 heterocycles. The quantitative estimate of drug-likeness (QED) is 0.681. The van der Waals surface area contributed by atoms with Gasteiger partial charge >= 0.3 is 0 Å². The second kappa shape index (κ2) is 7.52. The molecule has 3 nitrogen and oxygen atoms in total. The molecule has 2 rings (SSSR count). The molecule has 1 fully saturated rings. The van der Waals surface area contributed by atoms with Gasteiger partial charge in [-0.25, -0.2) is 0 Å². The molecule has 0 saturated heterocycles. The van der Waals surface area contributed by atoms with Crippen LogP contribution in [-0.4, -0.2) is 33.5 Å². The maximum absolute atomic E-state index is 5.40. The van der Waals surface area contributed by atoms with E-state index in [2.05, 4.69) is 29.6 Å². The third-order valence-electron chi connectivity index (χ3n) is 3.18. The summed E-state index contributed by atoms with van der Waals surface area (Å²) in [6.45, 7) is 3.90. The average molecular weight is 249 g/mol. The first-order chi connectivity index (χ1) is 8.90. The van der Waals surface area contributed by atoms with Gasteiger partial charge in [-0.1, -0.05) is 24.3 Å². The third-order valence-corrected chi connectivity index (χ3v) is 3.18. The molecule has 0 spiro atoms. The summed E-state index contributed by atoms with van der Waals surface area (Å²) in [5.74, 6) is 0.835. The van der Waals surface area contributed by atoms with Gasteiger partial charge in [0.15, 0.2) is 0 Å². The molecule has 0 atom stereocenters. The second-order valence-electron chi connectivity index (χ2n) is 4.80. The Hall–Kier alpha value is -0.900. The largest absolute Gasteiger partial charge is 0.382 e. The van der Waals surface area contributed by atoms with Crippen molar-refractivity contribution in [3.8, 4) is 0 Å². The SMILES string of the molecule is COCCOCCNCc1cccc(C2CC2)c1. The number of nitrogens with one attached hydrogen (secondary N) is 1. The lowest BCUT2D eigenvalue weighted by atomic mass is 10.1. The standard InChI is InChI=1S/C15H23NO2/c1-17-9-10-18-8-7-16-12-13-3-2-4-15(11-13)14-5-6-14/h2-4,11,14,16H,5-10,12H2,1H3. The Kier molecular flexibility index (Phi) is 5.65. The molecule has 0 aliphatic heterocycles. The Morgan fingerprint density at radius 3 is 2.89 bits per heavy atom. The number of hydrogen-bond acceptors (Lipinski definition) is 3. The van der Waals surface area contributed by atoms with E-state index in [1.54, 1.807) is 7.11 Å². The lowest BCUT2D eigenvalue weighted by Gasteiger charge is -2.07. The van der Waals surface area contributed by atoms with E-state index in [0.29, 0.717) is 13.2 Å². The Bertz CT molecular complexity index is 350. The molecular formula is C15H23NO2. The van der Waals surface area contributed by atoms with Crippen molar-refractivity contribution in [2.45, 2.75) is 25.3 Å². The Labute approximate surface area is 109 Å². The number of rotatable bonds is 9. The molecule has 0 amide bonds. The van der Waals surface area contributed by atoms with Gasteiger partial charge in [0, 0.05) is 20.2 Å². The second-order valence-corrected chi connectivity index (χ2v) is 4.80. The van der Waals surface area contributed by atoms with Crippen LogP contribution in [0.5, 0.6) is 0 Å². The summed E-state index contributed by atoms with van der Waals surface area (Å²) in [6, 6.07) is 8.93. The fourth-order valence-electron chi connectivity index (χ4n) is 2.00. The molecular weight excluding hydrogens is 226 g/mol. The summed E-state index contributed by atoms with van der Waals surface area (Å²) in [5, 5.41) is 3.40. The van der Waals surface area contributed by atoms with Gasteiger partial charge in [-0.15, -0.1) is 0 Å². The van der Waals surface area contributed by atoms with Crippen molar-refractivity contribution in [2.75, 3.05) is 33.5 Å². The van der Waals surface area contributed by atoms with E-state index < -0.39 is 0 Å². The van der Waals surface area contributed by atoms with Crippen molar-refractivity contribution in [3.63, 3.8) is 0 Å². The zero-order valence-electron chi connectivity index (χ0n) is 11.2. The van der Waals surface area contributed by atoms with Crippen LogP contribution >= 0.6 is 0 Å². The van der Waals surface area contributed by atoms with Gasteiger partial charge in [0.2, 0.25) is 0 Å². The monoisotopic (exact) mass is 249 g/mol. The summed E-state index contributed by atoms with van der Waals surface area (Å²) in [7, 11) is 1.69. The van der Waals surface area contributed by atoms with Crippen LogP contribution in [0.1, 0.15) is 29.9 Å².